The molecule has 2 aromatic rings. The molecule has 3 fully saturated rings. The zero-order valence-corrected chi connectivity index (χ0v) is 18.0. The Balaban J connectivity index is 1.35. The molecule has 164 valence electrons. The largest absolute Gasteiger partial charge is 0.394 e. The summed E-state index contributed by atoms with van der Waals surface area (Å²) in [6.07, 6.45) is 4.04. The smallest absolute Gasteiger partial charge is 0.242 e. The van der Waals surface area contributed by atoms with E-state index in [1.807, 2.05) is 24.3 Å². The number of aliphatic hydroxyl groups is 1. The van der Waals surface area contributed by atoms with Crippen molar-refractivity contribution in [3.05, 3.63) is 59.7 Å². The summed E-state index contributed by atoms with van der Waals surface area (Å²) in [7, 11) is 0. The van der Waals surface area contributed by atoms with Crippen LogP contribution in [0.2, 0.25) is 0 Å². The van der Waals surface area contributed by atoms with E-state index in [4.69, 9.17) is 5.26 Å². The van der Waals surface area contributed by atoms with Crippen molar-refractivity contribution in [2.75, 3.05) is 19.7 Å². The normalized spacial score (nSPS) is 25.2. The van der Waals surface area contributed by atoms with E-state index in [-0.39, 0.29) is 48.9 Å². The molecule has 0 spiro atoms. The first-order valence-electron chi connectivity index (χ1n) is 11.4. The Bertz CT molecular complexity index is 1050. The minimum Gasteiger partial charge on any atom is -0.394 e. The lowest BCUT2D eigenvalue weighted by Gasteiger charge is -2.59. The maximum atomic E-state index is 12.9. The van der Waals surface area contributed by atoms with Crippen LogP contribution in [0.5, 0.6) is 0 Å². The third-order valence-corrected chi connectivity index (χ3v) is 7.41. The highest BCUT2D eigenvalue weighted by Crippen LogP contribution is 2.43. The average Bonchev–Trinajstić information content (AvgIpc) is 3.35. The van der Waals surface area contributed by atoms with Gasteiger partial charge < -0.3 is 14.9 Å². The molecular weight excluding hydrogens is 402 g/mol. The number of hydrogen-bond donors (Lipinski definition) is 1. The number of hydrogen-bond acceptors (Lipinski definition) is 4. The van der Waals surface area contributed by atoms with Crippen molar-refractivity contribution in [2.45, 2.75) is 43.7 Å². The summed E-state index contributed by atoms with van der Waals surface area (Å²) in [4.78, 5) is 29.3. The van der Waals surface area contributed by atoms with Gasteiger partial charge in [0, 0.05) is 18.4 Å². The van der Waals surface area contributed by atoms with Gasteiger partial charge in [0.05, 0.1) is 36.9 Å². The number of carbonyl (C=O) groups is 2. The molecule has 2 amide bonds. The van der Waals surface area contributed by atoms with Crippen LogP contribution >= 0.6 is 0 Å². The molecule has 0 aromatic heterocycles. The molecule has 0 unspecified atom stereocenters. The van der Waals surface area contributed by atoms with Crippen LogP contribution in [0.3, 0.4) is 0 Å². The maximum absolute atomic E-state index is 12.9. The first kappa shape index (κ1) is 20.7. The number of nitrogens with zero attached hydrogens (tertiary/aromatic N) is 3. The minimum atomic E-state index is -0.239. The lowest BCUT2D eigenvalue weighted by Crippen LogP contribution is -2.73. The summed E-state index contributed by atoms with van der Waals surface area (Å²) in [6, 6.07) is 17.5. The number of aliphatic hydroxyl groups excluding tert-OH is 1. The molecule has 0 bridgehead atoms. The molecule has 2 saturated heterocycles. The van der Waals surface area contributed by atoms with E-state index in [1.165, 1.54) is 0 Å². The lowest BCUT2D eigenvalue weighted by molar-refractivity contribution is -0.168. The Morgan fingerprint density at radius 3 is 2.25 bits per heavy atom. The third-order valence-electron chi connectivity index (χ3n) is 7.41. The van der Waals surface area contributed by atoms with E-state index in [1.54, 1.807) is 21.9 Å². The van der Waals surface area contributed by atoms with Crippen molar-refractivity contribution in [2.24, 2.45) is 5.92 Å². The van der Waals surface area contributed by atoms with Crippen LogP contribution in [0.15, 0.2) is 48.5 Å². The van der Waals surface area contributed by atoms with Crippen LogP contribution in [0.1, 0.15) is 42.7 Å². The minimum absolute atomic E-state index is 0.0122. The lowest BCUT2D eigenvalue weighted by atomic mass is 9.73. The quantitative estimate of drug-likeness (QED) is 0.810. The zero-order valence-electron chi connectivity index (χ0n) is 18.0. The standard InChI is InChI=1S/C26H27N3O3/c27-13-17-5-7-18(8-6-17)19-9-11-20(12-10-19)25-22-14-28(26(32)21-3-1-2-4-21)15-24(31)29(22)23(25)16-30/h5-12,21-23,25,30H,1-4,14-16H2/t22-,23-,25-/m0/s1. The van der Waals surface area contributed by atoms with Crippen molar-refractivity contribution < 1.29 is 14.7 Å². The van der Waals surface area contributed by atoms with Gasteiger partial charge in [-0.25, -0.2) is 0 Å². The molecule has 6 heteroatoms. The zero-order chi connectivity index (χ0) is 22.2. The first-order valence-corrected chi connectivity index (χ1v) is 11.4. The molecule has 6 nitrogen and oxygen atoms in total. The van der Waals surface area contributed by atoms with E-state index in [9.17, 15) is 14.7 Å². The molecule has 5 rings (SSSR count). The van der Waals surface area contributed by atoms with Gasteiger partial charge in [0.25, 0.3) is 0 Å². The SMILES string of the molecule is N#Cc1ccc(-c2ccc([C@@H]3[C@H](CO)N4C(=O)CN(C(=O)C5CCCC5)C[C@@H]34)cc2)cc1. The Morgan fingerprint density at radius 2 is 1.66 bits per heavy atom. The predicted octanol–water partition coefficient (Wildman–Crippen LogP) is 2.91. The van der Waals surface area contributed by atoms with Gasteiger partial charge in [-0.15, -0.1) is 0 Å². The number of benzene rings is 2. The third kappa shape index (κ3) is 3.47. The van der Waals surface area contributed by atoms with Gasteiger partial charge in [0.2, 0.25) is 11.8 Å². The average molecular weight is 430 g/mol. The van der Waals surface area contributed by atoms with Gasteiger partial charge in [-0.05, 0) is 41.7 Å². The van der Waals surface area contributed by atoms with E-state index < -0.39 is 0 Å². The van der Waals surface area contributed by atoms with Gasteiger partial charge in [0.15, 0.2) is 0 Å². The molecule has 3 aliphatic rings. The van der Waals surface area contributed by atoms with E-state index in [0.717, 1.165) is 42.4 Å². The fourth-order valence-electron chi connectivity index (χ4n) is 5.73. The summed E-state index contributed by atoms with van der Waals surface area (Å²) in [5, 5.41) is 19.0. The van der Waals surface area contributed by atoms with Gasteiger partial charge in [-0.3, -0.25) is 9.59 Å². The second kappa shape index (κ2) is 8.40. The Kier molecular flexibility index (Phi) is 5.44. The molecule has 2 aromatic carbocycles. The van der Waals surface area contributed by atoms with Crippen molar-refractivity contribution in [3.63, 3.8) is 0 Å². The predicted molar refractivity (Wildman–Crippen MR) is 119 cm³/mol. The van der Waals surface area contributed by atoms with Crippen molar-refractivity contribution in [1.82, 2.24) is 9.80 Å². The second-order valence-electron chi connectivity index (χ2n) is 9.16. The molecule has 1 N–H and O–H groups in total. The van der Waals surface area contributed by atoms with Crippen LogP contribution < -0.4 is 0 Å². The van der Waals surface area contributed by atoms with Gasteiger partial charge >= 0.3 is 0 Å². The van der Waals surface area contributed by atoms with Crippen LogP contribution in [-0.4, -0.2) is 58.5 Å². The summed E-state index contributed by atoms with van der Waals surface area (Å²) in [6.45, 7) is 0.590. The highest BCUT2D eigenvalue weighted by atomic mass is 16.3. The van der Waals surface area contributed by atoms with Crippen LogP contribution in [0, 0.1) is 17.2 Å². The fourth-order valence-corrected chi connectivity index (χ4v) is 5.73. The van der Waals surface area contributed by atoms with Crippen LogP contribution in [0.25, 0.3) is 11.1 Å². The summed E-state index contributed by atoms with van der Waals surface area (Å²) < 4.78 is 0. The molecule has 32 heavy (non-hydrogen) atoms. The molecule has 3 atom stereocenters. The number of amides is 2. The summed E-state index contributed by atoms with van der Waals surface area (Å²) >= 11 is 0. The number of nitriles is 1. The monoisotopic (exact) mass is 429 g/mol. The van der Waals surface area contributed by atoms with Crippen molar-refractivity contribution >= 4 is 11.8 Å². The Hall–Kier alpha value is -3.17. The number of fused-ring (bicyclic) bond motifs is 1. The van der Waals surface area contributed by atoms with E-state index in [0.29, 0.717) is 12.1 Å². The van der Waals surface area contributed by atoms with Crippen molar-refractivity contribution in [1.29, 1.82) is 5.26 Å². The molecule has 0 radical (unpaired) electrons. The van der Waals surface area contributed by atoms with Gasteiger partial charge in [-0.1, -0.05) is 49.2 Å². The Labute approximate surface area is 188 Å². The number of piperazine rings is 1. The number of rotatable bonds is 4. The van der Waals surface area contributed by atoms with Gasteiger partial charge in [0.1, 0.15) is 0 Å². The van der Waals surface area contributed by atoms with E-state index >= 15 is 0 Å². The second-order valence-corrected chi connectivity index (χ2v) is 9.16. The highest BCUT2D eigenvalue weighted by molar-refractivity contribution is 5.88. The molecule has 2 heterocycles. The van der Waals surface area contributed by atoms with Crippen LogP contribution in [0.4, 0.5) is 0 Å². The number of carbonyl (C=O) groups excluding carboxylic acids is 2. The van der Waals surface area contributed by atoms with Gasteiger partial charge in [-0.2, -0.15) is 5.26 Å². The molecular formula is C26H27N3O3. The van der Waals surface area contributed by atoms with E-state index in [2.05, 4.69) is 18.2 Å². The van der Waals surface area contributed by atoms with Crippen LogP contribution in [-0.2, 0) is 9.59 Å². The van der Waals surface area contributed by atoms with Crippen molar-refractivity contribution in [3.8, 4) is 17.2 Å². The summed E-state index contributed by atoms with van der Waals surface area (Å²) in [5.74, 6) is 0.140. The molecule has 1 saturated carbocycles. The molecule has 1 aliphatic carbocycles. The topological polar surface area (TPSA) is 84.6 Å². The molecule has 2 aliphatic heterocycles. The maximum Gasteiger partial charge on any atom is 0.242 e. The first-order chi connectivity index (χ1) is 15.6. The summed E-state index contributed by atoms with van der Waals surface area (Å²) in [5.41, 5.74) is 3.79. The Morgan fingerprint density at radius 1 is 1.03 bits per heavy atom. The fraction of sp³-hybridized carbons (Fsp3) is 0.423. The highest BCUT2D eigenvalue weighted by Gasteiger charge is 2.54.